The maximum atomic E-state index is 11.1. The van der Waals surface area contributed by atoms with Gasteiger partial charge >= 0.3 is 0 Å². The van der Waals surface area contributed by atoms with Gasteiger partial charge < -0.3 is 15.2 Å². The molecule has 2 rings (SSSR count). The van der Waals surface area contributed by atoms with Gasteiger partial charge in [0, 0.05) is 10.1 Å². The third-order valence-corrected chi connectivity index (χ3v) is 3.40. The molecule has 1 heterocycles. The molecule has 0 radical (unpaired) electrons. The summed E-state index contributed by atoms with van der Waals surface area (Å²) >= 11 is 1.34. The van der Waals surface area contributed by atoms with E-state index in [0.29, 0.717) is 16.4 Å². The number of nitrogens with two attached hydrogens (primary N) is 1. The first kappa shape index (κ1) is 10.8. The number of hydrogen-bond donors (Lipinski definition) is 1. The summed E-state index contributed by atoms with van der Waals surface area (Å²) in [6.45, 7) is 0. The first-order chi connectivity index (χ1) is 7.67. The molecule has 1 amide bonds. The monoisotopic (exact) mass is 237 g/mol. The van der Waals surface area contributed by atoms with Gasteiger partial charge in [0.15, 0.2) is 11.5 Å². The van der Waals surface area contributed by atoms with Crippen LogP contribution < -0.4 is 15.2 Å². The maximum absolute atomic E-state index is 11.1. The van der Waals surface area contributed by atoms with E-state index in [0.717, 1.165) is 10.1 Å². The van der Waals surface area contributed by atoms with Crippen molar-refractivity contribution in [1.29, 1.82) is 0 Å². The van der Waals surface area contributed by atoms with E-state index in [1.165, 1.54) is 11.3 Å². The lowest BCUT2D eigenvalue weighted by molar-refractivity contribution is 0.100. The standard InChI is InChI=1S/C11H11NO3S/c1-14-7-3-4-8-6(10(7)15-2)5-9(16-8)11(12)13/h3-5H,1-2H3,(H2,12,13). The second-order valence-electron chi connectivity index (χ2n) is 3.19. The lowest BCUT2D eigenvalue weighted by Crippen LogP contribution is -2.08. The van der Waals surface area contributed by atoms with E-state index in [9.17, 15) is 4.79 Å². The van der Waals surface area contributed by atoms with Crippen LogP contribution in [-0.2, 0) is 0 Å². The van der Waals surface area contributed by atoms with Crippen molar-refractivity contribution in [3.8, 4) is 11.5 Å². The molecule has 4 nitrogen and oxygen atoms in total. The molecule has 0 aliphatic rings. The Bertz CT molecular complexity index is 547. The van der Waals surface area contributed by atoms with E-state index >= 15 is 0 Å². The van der Waals surface area contributed by atoms with E-state index in [4.69, 9.17) is 15.2 Å². The van der Waals surface area contributed by atoms with Crippen molar-refractivity contribution in [1.82, 2.24) is 0 Å². The van der Waals surface area contributed by atoms with Crippen molar-refractivity contribution in [2.45, 2.75) is 0 Å². The lowest BCUT2D eigenvalue weighted by Gasteiger charge is -2.07. The Morgan fingerprint density at radius 1 is 1.31 bits per heavy atom. The second kappa shape index (κ2) is 4.02. The highest BCUT2D eigenvalue weighted by atomic mass is 32.1. The Morgan fingerprint density at radius 3 is 2.62 bits per heavy atom. The van der Waals surface area contributed by atoms with Crippen LogP contribution in [0.2, 0.25) is 0 Å². The fourth-order valence-electron chi connectivity index (χ4n) is 1.56. The van der Waals surface area contributed by atoms with E-state index in [-0.39, 0.29) is 0 Å². The second-order valence-corrected chi connectivity index (χ2v) is 4.27. The fourth-order valence-corrected chi connectivity index (χ4v) is 2.47. The average Bonchev–Trinajstić information content (AvgIpc) is 2.71. The van der Waals surface area contributed by atoms with Crippen molar-refractivity contribution < 1.29 is 14.3 Å². The Morgan fingerprint density at radius 2 is 2.06 bits per heavy atom. The molecule has 1 aromatic carbocycles. The highest BCUT2D eigenvalue weighted by Gasteiger charge is 2.13. The predicted molar refractivity (Wildman–Crippen MR) is 63.4 cm³/mol. The zero-order valence-corrected chi connectivity index (χ0v) is 9.76. The van der Waals surface area contributed by atoms with Crippen molar-refractivity contribution in [2.24, 2.45) is 5.73 Å². The summed E-state index contributed by atoms with van der Waals surface area (Å²) in [5, 5.41) is 0.848. The minimum atomic E-state index is -0.429. The molecule has 1 aromatic heterocycles. The zero-order chi connectivity index (χ0) is 11.7. The number of ether oxygens (including phenoxy) is 2. The number of carbonyl (C=O) groups is 1. The van der Waals surface area contributed by atoms with Gasteiger partial charge in [0.1, 0.15) is 0 Å². The van der Waals surface area contributed by atoms with Gasteiger partial charge in [-0.15, -0.1) is 11.3 Å². The van der Waals surface area contributed by atoms with Crippen molar-refractivity contribution in [3.63, 3.8) is 0 Å². The van der Waals surface area contributed by atoms with Gasteiger partial charge in [0.2, 0.25) is 0 Å². The zero-order valence-electron chi connectivity index (χ0n) is 8.94. The van der Waals surface area contributed by atoms with Gasteiger partial charge in [-0.1, -0.05) is 0 Å². The number of thiophene rings is 1. The first-order valence-electron chi connectivity index (χ1n) is 4.61. The normalized spacial score (nSPS) is 10.4. The van der Waals surface area contributed by atoms with Crippen LogP contribution in [0.5, 0.6) is 11.5 Å². The molecule has 2 N–H and O–H groups in total. The summed E-state index contributed by atoms with van der Waals surface area (Å²) in [5.41, 5.74) is 5.24. The highest BCUT2D eigenvalue weighted by molar-refractivity contribution is 7.20. The molecule has 0 spiro atoms. The first-order valence-corrected chi connectivity index (χ1v) is 5.43. The van der Waals surface area contributed by atoms with E-state index in [2.05, 4.69) is 0 Å². The molecular formula is C11H11NO3S. The Balaban J connectivity index is 2.71. The minimum Gasteiger partial charge on any atom is -0.493 e. The van der Waals surface area contributed by atoms with E-state index in [1.54, 1.807) is 20.3 Å². The van der Waals surface area contributed by atoms with Crippen LogP contribution >= 0.6 is 11.3 Å². The van der Waals surface area contributed by atoms with Crippen LogP contribution in [-0.4, -0.2) is 20.1 Å². The van der Waals surface area contributed by atoms with Gasteiger partial charge in [0.25, 0.3) is 5.91 Å². The fraction of sp³-hybridized carbons (Fsp3) is 0.182. The number of fused-ring (bicyclic) bond motifs is 1. The lowest BCUT2D eigenvalue weighted by atomic mass is 10.2. The number of amides is 1. The topological polar surface area (TPSA) is 61.5 Å². The van der Waals surface area contributed by atoms with Gasteiger partial charge in [0.05, 0.1) is 19.1 Å². The summed E-state index contributed by atoms with van der Waals surface area (Å²) in [7, 11) is 3.14. The van der Waals surface area contributed by atoms with Crippen LogP contribution in [0, 0.1) is 0 Å². The van der Waals surface area contributed by atoms with Crippen LogP contribution in [0.15, 0.2) is 18.2 Å². The average molecular weight is 237 g/mol. The minimum absolute atomic E-state index is 0.429. The molecule has 5 heteroatoms. The van der Waals surface area contributed by atoms with Crippen LogP contribution in [0.1, 0.15) is 9.67 Å². The molecule has 0 saturated heterocycles. The van der Waals surface area contributed by atoms with Crippen molar-refractivity contribution in [3.05, 3.63) is 23.1 Å². The maximum Gasteiger partial charge on any atom is 0.258 e. The third kappa shape index (κ3) is 1.59. The molecule has 0 atom stereocenters. The van der Waals surface area contributed by atoms with Crippen molar-refractivity contribution >= 4 is 27.3 Å². The number of methoxy groups -OCH3 is 2. The molecular weight excluding hydrogens is 226 g/mol. The van der Waals surface area contributed by atoms with Crippen LogP contribution in [0.4, 0.5) is 0 Å². The molecule has 0 saturated carbocycles. The molecule has 0 bridgehead atoms. The highest BCUT2D eigenvalue weighted by Crippen LogP contribution is 2.39. The summed E-state index contributed by atoms with van der Waals surface area (Å²) in [6, 6.07) is 5.42. The molecule has 0 aliphatic carbocycles. The quantitative estimate of drug-likeness (QED) is 0.888. The third-order valence-electron chi connectivity index (χ3n) is 2.28. The molecule has 0 fully saturated rings. The Labute approximate surface area is 96.6 Å². The number of hydrogen-bond acceptors (Lipinski definition) is 4. The number of benzene rings is 1. The van der Waals surface area contributed by atoms with Gasteiger partial charge in [-0.3, -0.25) is 4.79 Å². The Hall–Kier alpha value is -1.75. The molecule has 0 aliphatic heterocycles. The Kier molecular flexibility index (Phi) is 2.70. The van der Waals surface area contributed by atoms with Crippen molar-refractivity contribution in [2.75, 3.05) is 14.2 Å². The largest absolute Gasteiger partial charge is 0.493 e. The van der Waals surface area contributed by atoms with Crippen LogP contribution in [0.25, 0.3) is 10.1 Å². The van der Waals surface area contributed by atoms with Crippen LogP contribution in [0.3, 0.4) is 0 Å². The summed E-state index contributed by atoms with van der Waals surface area (Å²) < 4.78 is 11.4. The van der Waals surface area contributed by atoms with Gasteiger partial charge in [-0.05, 0) is 18.2 Å². The van der Waals surface area contributed by atoms with Gasteiger partial charge in [-0.25, -0.2) is 0 Å². The number of carbonyl (C=O) groups excluding carboxylic acids is 1. The van der Waals surface area contributed by atoms with E-state index in [1.807, 2.05) is 12.1 Å². The molecule has 16 heavy (non-hydrogen) atoms. The van der Waals surface area contributed by atoms with E-state index < -0.39 is 5.91 Å². The predicted octanol–water partition coefficient (Wildman–Crippen LogP) is 2.02. The smallest absolute Gasteiger partial charge is 0.258 e. The number of primary amides is 1. The summed E-state index contributed by atoms with van der Waals surface area (Å²) in [4.78, 5) is 11.6. The summed E-state index contributed by atoms with van der Waals surface area (Å²) in [5.74, 6) is 0.842. The SMILES string of the molecule is COc1ccc2sc(C(N)=O)cc2c1OC. The molecule has 0 unspecified atom stereocenters. The molecule has 2 aromatic rings. The number of rotatable bonds is 3. The molecule has 84 valence electrons. The summed E-state index contributed by atoms with van der Waals surface area (Å²) in [6.07, 6.45) is 0. The van der Waals surface area contributed by atoms with Gasteiger partial charge in [-0.2, -0.15) is 0 Å².